The lowest BCUT2D eigenvalue weighted by Crippen LogP contribution is -2.39. The Kier molecular flexibility index (Phi) is 3.32. The first-order valence-corrected chi connectivity index (χ1v) is 6.98. The summed E-state index contributed by atoms with van der Waals surface area (Å²) in [5.74, 6) is 1.24. The summed E-state index contributed by atoms with van der Waals surface area (Å²) in [6.07, 6.45) is 3.31. The lowest BCUT2D eigenvalue weighted by atomic mass is 9.81. The highest BCUT2D eigenvalue weighted by Crippen LogP contribution is 2.25. The summed E-state index contributed by atoms with van der Waals surface area (Å²) in [5.41, 5.74) is 5.68. The SMILES string of the molecule is NC1CC(CNc2ccc(S(N)(=O)=O)cn2)C1. The summed E-state index contributed by atoms with van der Waals surface area (Å²) in [7, 11) is -3.66. The van der Waals surface area contributed by atoms with Gasteiger partial charge in [-0.1, -0.05) is 0 Å². The molecule has 5 N–H and O–H groups in total. The van der Waals surface area contributed by atoms with E-state index in [1.807, 2.05) is 0 Å². The average Bonchev–Trinajstić information content (AvgIpc) is 2.22. The Balaban J connectivity index is 1.90. The van der Waals surface area contributed by atoms with Crippen LogP contribution in [-0.4, -0.2) is 26.0 Å². The van der Waals surface area contributed by atoms with Gasteiger partial charge in [0, 0.05) is 18.8 Å². The zero-order chi connectivity index (χ0) is 12.5. The number of hydrogen-bond donors (Lipinski definition) is 3. The zero-order valence-corrected chi connectivity index (χ0v) is 10.2. The normalized spacial score (nSPS) is 24.1. The van der Waals surface area contributed by atoms with Crippen LogP contribution in [0.15, 0.2) is 23.2 Å². The monoisotopic (exact) mass is 256 g/mol. The fraction of sp³-hybridized carbons (Fsp3) is 0.500. The van der Waals surface area contributed by atoms with Crippen LogP contribution >= 0.6 is 0 Å². The quantitative estimate of drug-likeness (QED) is 0.695. The molecular formula is C10H16N4O2S. The summed E-state index contributed by atoms with van der Waals surface area (Å²) in [4.78, 5) is 4.01. The van der Waals surface area contributed by atoms with Crippen LogP contribution in [0.25, 0.3) is 0 Å². The van der Waals surface area contributed by atoms with E-state index >= 15 is 0 Å². The number of aromatic nitrogens is 1. The minimum Gasteiger partial charge on any atom is -0.370 e. The number of nitrogens with one attached hydrogen (secondary N) is 1. The molecule has 0 aliphatic heterocycles. The van der Waals surface area contributed by atoms with Crippen LogP contribution in [0.4, 0.5) is 5.82 Å². The van der Waals surface area contributed by atoms with Crippen LogP contribution in [0.3, 0.4) is 0 Å². The molecule has 0 aromatic carbocycles. The van der Waals surface area contributed by atoms with Crippen molar-refractivity contribution in [2.45, 2.75) is 23.8 Å². The molecule has 1 aromatic rings. The molecule has 2 rings (SSSR count). The van der Waals surface area contributed by atoms with Gasteiger partial charge in [0.05, 0.1) is 0 Å². The standard InChI is InChI=1S/C10H16N4O2S/c11-8-3-7(4-8)5-13-10-2-1-9(6-14-10)17(12,15)16/h1-2,6-8H,3-5,11H2,(H,13,14)(H2,12,15,16). The second-order valence-corrected chi connectivity index (χ2v) is 5.96. The number of anilines is 1. The highest BCUT2D eigenvalue weighted by atomic mass is 32.2. The lowest BCUT2D eigenvalue weighted by Gasteiger charge is -2.32. The molecule has 0 amide bonds. The summed E-state index contributed by atoms with van der Waals surface area (Å²) in [6.45, 7) is 0.815. The van der Waals surface area contributed by atoms with Gasteiger partial charge >= 0.3 is 0 Å². The summed E-state index contributed by atoms with van der Waals surface area (Å²) < 4.78 is 22.0. The zero-order valence-electron chi connectivity index (χ0n) is 9.33. The summed E-state index contributed by atoms with van der Waals surface area (Å²) >= 11 is 0. The van der Waals surface area contributed by atoms with Gasteiger partial charge in [0.1, 0.15) is 10.7 Å². The largest absolute Gasteiger partial charge is 0.370 e. The molecule has 1 aromatic heterocycles. The molecule has 94 valence electrons. The highest BCUT2D eigenvalue weighted by Gasteiger charge is 2.25. The van der Waals surface area contributed by atoms with Crippen molar-refractivity contribution in [1.82, 2.24) is 4.98 Å². The topological polar surface area (TPSA) is 111 Å². The average molecular weight is 256 g/mol. The first-order chi connectivity index (χ1) is 7.95. The van der Waals surface area contributed by atoms with Crippen molar-refractivity contribution in [3.8, 4) is 0 Å². The molecule has 1 fully saturated rings. The molecule has 0 unspecified atom stereocenters. The molecule has 6 nitrogen and oxygen atoms in total. The fourth-order valence-electron chi connectivity index (χ4n) is 1.86. The van der Waals surface area contributed by atoms with Gasteiger partial charge in [-0.05, 0) is 30.9 Å². The first-order valence-electron chi connectivity index (χ1n) is 5.43. The molecule has 0 spiro atoms. The van der Waals surface area contributed by atoms with E-state index in [0.29, 0.717) is 17.8 Å². The Hall–Kier alpha value is -1.18. The van der Waals surface area contributed by atoms with E-state index in [9.17, 15) is 8.42 Å². The van der Waals surface area contributed by atoms with Crippen molar-refractivity contribution >= 4 is 15.8 Å². The Morgan fingerprint density at radius 3 is 2.59 bits per heavy atom. The minimum atomic E-state index is -3.66. The van der Waals surface area contributed by atoms with Gasteiger partial charge in [-0.15, -0.1) is 0 Å². The van der Waals surface area contributed by atoms with Crippen LogP contribution < -0.4 is 16.2 Å². The predicted molar refractivity (Wildman–Crippen MR) is 64.8 cm³/mol. The minimum absolute atomic E-state index is 0.0220. The van der Waals surface area contributed by atoms with Crippen molar-refractivity contribution in [1.29, 1.82) is 0 Å². The van der Waals surface area contributed by atoms with Gasteiger partial charge < -0.3 is 11.1 Å². The van der Waals surface area contributed by atoms with E-state index in [-0.39, 0.29) is 4.90 Å². The van der Waals surface area contributed by atoms with E-state index < -0.39 is 10.0 Å². The summed E-state index contributed by atoms with van der Waals surface area (Å²) in [5, 5.41) is 8.12. The predicted octanol–water partition coefficient (Wildman–Crippen LogP) is -0.122. The van der Waals surface area contributed by atoms with E-state index in [2.05, 4.69) is 10.3 Å². The second kappa shape index (κ2) is 4.59. The van der Waals surface area contributed by atoms with Gasteiger partial charge in [-0.3, -0.25) is 0 Å². The number of hydrogen-bond acceptors (Lipinski definition) is 5. The second-order valence-electron chi connectivity index (χ2n) is 4.40. The molecule has 17 heavy (non-hydrogen) atoms. The summed E-state index contributed by atoms with van der Waals surface area (Å²) in [6, 6.07) is 3.38. The molecule has 1 aliphatic carbocycles. The van der Waals surface area contributed by atoms with E-state index in [1.165, 1.54) is 12.3 Å². The Morgan fingerprint density at radius 1 is 1.41 bits per heavy atom. The van der Waals surface area contributed by atoms with Crippen molar-refractivity contribution < 1.29 is 8.42 Å². The Labute approximate surface area is 100 Å². The third-order valence-electron chi connectivity index (χ3n) is 2.91. The molecular weight excluding hydrogens is 240 g/mol. The van der Waals surface area contributed by atoms with Crippen LogP contribution in [-0.2, 0) is 10.0 Å². The van der Waals surface area contributed by atoms with Gasteiger partial charge in [-0.25, -0.2) is 18.5 Å². The molecule has 1 heterocycles. The molecule has 0 saturated heterocycles. The molecule has 7 heteroatoms. The Morgan fingerprint density at radius 2 is 2.12 bits per heavy atom. The van der Waals surface area contributed by atoms with Crippen LogP contribution in [0.2, 0.25) is 0 Å². The number of rotatable bonds is 4. The lowest BCUT2D eigenvalue weighted by molar-refractivity contribution is 0.280. The Bertz CT molecular complexity index is 480. The maximum absolute atomic E-state index is 11.0. The van der Waals surface area contributed by atoms with Gasteiger partial charge in [-0.2, -0.15) is 0 Å². The van der Waals surface area contributed by atoms with E-state index in [0.717, 1.165) is 19.4 Å². The van der Waals surface area contributed by atoms with Crippen LogP contribution in [0.1, 0.15) is 12.8 Å². The van der Waals surface area contributed by atoms with Crippen molar-refractivity contribution in [2.24, 2.45) is 16.8 Å². The van der Waals surface area contributed by atoms with E-state index in [4.69, 9.17) is 10.9 Å². The molecule has 0 radical (unpaired) electrons. The molecule has 1 aliphatic rings. The van der Waals surface area contributed by atoms with Crippen LogP contribution in [0, 0.1) is 5.92 Å². The van der Waals surface area contributed by atoms with E-state index in [1.54, 1.807) is 6.07 Å². The smallest absolute Gasteiger partial charge is 0.239 e. The van der Waals surface area contributed by atoms with Gasteiger partial charge in [0.25, 0.3) is 0 Å². The maximum atomic E-state index is 11.0. The molecule has 0 atom stereocenters. The molecule has 0 bridgehead atoms. The van der Waals surface area contributed by atoms with Crippen LogP contribution in [0.5, 0.6) is 0 Å². The number of nitrogens with zero attached hydrogens (tertiary/aromatic N) is 1. The van der Waals surface area contributed by atoms with Crippen molar-refractivity contribution in [3.63, 3.8) is 0 Å². The van der Waals surface area contributed by atoms with Gasteiger partial charge in [0.2, 0.25) is 10.0 Å². The first kappa shape index (κ1) is 12.3. The number of pyridine rings is 1. The number of sulfonamides is 1. The highest BCUT2D eigenvalue weighted by molar-refractivity contribution is 7.89. The third-order valence-corrected chi connectivity index (χ3v) is 3.81. The van der Waals surface area contributed by atoms with Crippen molar-refractivity contribution in [2.75, 3.05) is 11.9 Å². The third kappa shape index (κ3) is 3.15. The number of primary sulfonamides is 1. The fourth-order valence-corrected chi connectivity index (χ4v) is 2.31. The molecule has 1 saturated carbocycles. The van der Waals surface area contributed by atoms with Gasteiger partial charge in [0.15, 0.2) is 0 Å². The van der Waals surface area contributed by atoms with Crippen molar-refractivity contribution in [3.05, 3.63) is 18.3 Å². The number of nitrogens with two attached hydrogens (primary N) is 2. The maximum Gasteiger partial charge on any atom is 0.239 e.